The number of rotatable bonds is 3. The van der Waals surface area contributed by atoms with E-state index in [9.17, 15) is 14.0 Å². The first-order valence-electron chi connectivity index (χ1n) is 8.73. The van der Waals surface area contributed by atoms with Crippen LogP contribution in [0, 0.1) is 11.2 Å². The second kappa shape index (κ2) is 7.85. The molecule has 0 saturated carbocycles. The summed E-state index contributed by atoms with van der Waals surface area (Å²) in [6.07, 6.45) is 1.35. The van der Waals surface area contributed by atoms with E-state index < -0.39 is 5.82 Å². The molecule has 1 aromatic carbocycles. The van der Waals surface area contributed by atoms with Crippen LogP contribution in [0.4, 0.5) is 9.18 Å². The lowest BCUT2D eigenvalue weighted by Crippen LogP contribution is -2.50. The second-order valence-electron chi connectivity index (χ2n) is 7.91. The van der Waals surface area contributed by atoms with E-state index in [1.54, 1.807) is 29.0 Å². The molecule has 0 unspecified atom stereocenters. The lowest BCUT2D eigenvalue weighted by atomic mass is 9.96. The molecule has 2 rings (SSSR count). The zero-order chi connectivity index (χ0) is 18.6. The first-order valence-corrected chi connectivity index (χ1v) is 8.73. The number of hydrogen-bond acceptors (Lipinski definition) is 2. The molecule has 138 valence electrons. The summed E-state index contributed by atoms with van der Waals surface area (Å²) in [4.78, 5) is 28.0. The first kappa shape index (κ1) is 19.2. The standard InChI is InChI=1S/C19H28FN3O2/c1-19(2,3)13-22(4)18(25)21-14-9-11-23(12-10-14)17(24)15-7-5-6-8-16(15)20/h5-8,14H,9-13H2,1-4H3,(H,21,25). The zero-order valence-electron chi connectivity index (χ0n) is 15.5. The summed E-state index contributed by atoms with van der Waals surface area (Å²) in [7, 11) is 1.79. The van der Waals surface area contributed by atoms with E-state index in [4.69, 9.17) is 0 Å². The summed E-state index contributed by atoms with van der Waals surface area (Å²) in [5.41, 5.74) is 0.150. The number of carbonyl (C=O) groups is 2. The average Bonchev–Trinajstić information content (AvgIpc) is 2.54. The van der Waals surface area contributed by atoms with Crippen LogP contribution in [0.2, 0.25) is 0 Å². The van der Waals surface area contributed by atoms with Crippen LogP contribution in [0.25, 0.3) is 0 Å². The third-order valence-electron chi connectivity index (χ3n) is 4.27. The molecule has 1 N–H and O–H groups in total. The van der Waals surface area contributed by atoms with E-state index in [0.717, 1.165) is 0 Å². The van der Waals surface area contributed by atoms with Gasteiger partial charge in [-0.2, -0.15) is 0 Å². The van der Waals surface area contributed by atoms with Gasteiger partial charge in [0.1, 0.15) is 5.82 Å². The van der Waals surface area contributed by atoms with Gasteiger partial charge in [-0.1, -0.05) is 32.9 Å². The molecule has 5 nitrogen and oxygen atoms in total. The van der Waals surface area contributed by atoms with Gasteiger partial charge < -0.3 is 15.1 Å². The van der Waals surface area contributed by atoms with Crippen molar-refractivity contribution in [1.82, 2.24) is 15.1 Å². The quantitative estimate of drug-likeness (QED) is 0.911. The topological polar surface area (TPSA) is 52.7 Å². The number of likely N-dealkylation sites (tertiary alicyclic amines) is 1. The zero-order valence-corrected chi connectivity index (χ0v) is 15.5. The van der Waals surface area contributed by atoms with Crippen LogP contribution in [-0.4, -0.2) is 54.5 Å². The molecule has 25 heavy (non-hydrogen) atoms. The molecule has 0 aliphatic carbocycles. The van der Waals surface area contributed by atoms with E-state index >= 15 is 0 Å². The molecule has 1 aromatic rings. The highest BCUT2D eigenvalue weighted by molar-refractivity contribution is 5.94. The molecule has 1 fully saturated rings. The molecule has 3 amide bonds. The molecule has 6 heteroatoms. The van der Waals surface area contributed by atoms with Crippen molar-refractivity contribution in [1.29, 1.82) is 0 Å². The van der Waals surface area contributed by atoms with Gasteiger partial charge in [0.15, 0.2) is 0 Å². The average molecular weight is 349 g/mol. The van der Waals surface area contributed by atoms with E-state index in [0.29, 0.717) is 32.5 Å². The largest absolute Gasteiger partial charge is 0.338 e. The molecule has 0 aromatic heterocycles. The Balaban J connectivity index is 1.84. The van der Waals surface area contributed by atoms with Crippen molar-refractivity contribution >= 4 is 11.9 Å². The molecule has 0 atom stereocenters. The molecule has 1 aliphatic heterocycles. The number of carbonyl (C=O) groups excluding carboxylic acids is 2. The Bertz CT molecular complexity index is 619. The molecule has 0 bridgehead atoms. The molecular formula is C19H28FN3O2. The predicted molar refractivity (Wildman–Crippen MR) is 95.9 cm³/mol. The molecule has 1 aliphatic rings. The minimum atomic E-state index is -0.494. The third-order valence-corrected chi connectivity index (χ3v) is 4.27. The minimum absolute atomic E-state index is 0.0413. The Kier molecular flexibility index (Phi) is 6.03. The normalized spacial score (nSPS) is 15.8. The summed E-state index contributed by atoms with van der Waals surface area (Å²) in [6, 6.07) is 5.99. The van der Waals surface area contributed by atoms with Crippen molar-refractivity contribution in [3.63, 3.8) is 0 Å². The van der Waals surface area contributed by atoms with Crippen molar-refractivity contribution in [3.8, 4) is 0 Å². The first-order chi connectivity index (χ1) is 11.7. The lowest BCUT2D eigenvalue weighted by Gasteiger charge is -2.34. The fourth-order valence-corrected chi connectivity index (χ4v) is 3.10. The van der Waals surface area contributed by atoms with Gasteiger partial charge in [-0.05, 0) is 30.4 Å². The van der Waals surface area contributed by atoms with Gasteiger partial charge in [0.2, 0.25) is 0 Å². The monoisotopic (exact) mass is 349 g/mol. The van der Waals surface area contributed by atoms with Crippen LogP contribution < -0.4 is 5.32 Å². The summed E-state index contributed by atoms with van der Waals surface area (Å²) in [6.45, 7) is 7.96. The highest BCUT2D eigenvalue weighted by Crippen LogP contribution is 2.17. The van der Waals surface area contributed by atoms with E-state index in [2.05, 4.69) is 26.1 Å². The van der Waals surface area contributed by atoms with Crippen LogP contribution in [0.3, 0.4) is 0 Å². The van der Waals surface area contributed by atoms with E-state index in [-0.39, 0.29) is 29.0 Å². The third kappa shape index (κ3) is 5.44. The fourth-order valence-electron chi connectivity index (χ4n) is 3.10. The number of benzene rings is 1. The highest BCUT2D eigenvalue weighted by atomic mass is 19.1. The number of hydrogen-bond donors (Lipinski definition) is 1. The van der Waals surface area contributed by atoms with Crippen molar-refractivity contribution in [2.24, 2.45) is 5.41 Å². The smallest absolute Gasteiger partial charge is 0.317 e. The summed E-state index contributed by atoms with van der Waals surface area (Å²) in [5, 5.41) is 3.03. The summed E-state index contributed by atoms with van der Waals surface area (Å²) >= 11 is 0. The van der Waals surface area contributed by atoms with Gasteiger partial charge in [0.05, 0.1) is 5.56 Å². The Morgan fingerprint density at radius 3 is 2.40 bits per heavy atom. The van der Waals surface area contributed by atoms with Crippen molar-refractivity contribution in [2.75, 3.05) is 26.7 Å². The molecule has 0 radical (unpaired) electrons. The number of nitrogens with one attached hydrogen (secondary N) is 1. The number of nitrogens with zero attached hydrogens (tertiary/aromatic N) is 2. The van der Waals surface area contributed by atoms with Gasteiger partial charge >= 0.3 is 6.03 Å². The predicted octanol–water partition coefficient (Wildman–Crippen LogP) is 3.12. The van der Waals surface area contributed by atoms with Crippen LogP contribution in [0.5, 0.6) is 0 Å². The molecular weight excluding hydrogens is 321 g/mol. The Labute approximate surface area is 149 Å². The Hall–Kier alpha value is -2.11. The number of halogens is 1. The van der Waals surface area contributed by atoms with Crippen molar-refractivity contribution in [3.05, 3.63) is 35.6 Å². The van der Waals surface area contributed by atoms with E-state index in [1.165, 1.54) is 12.1 Å². The van der Waals surface area contributed by atoms with Crippen molar-refractivity contribution in [2.45, 2.75) is 39.7 Å². The maximum atomic E-state index is 13.8. The van der Waals surface area contributed by atoms with Gasteiger partial charge in [0.25, 0.3) is 5.91 Å². The number of piperidine rings is 1. The lowest BCUT2D eigenvalue weighted by molar-refractivity contribution is 0.0701. The van der Waals surface area contributed by atoms with Gasteiger partial charge in [0, 0.05) is 32.7 Å². The molecule has 1 saturated heterocycles. The highest BCUT2D eigenvalue weighted by Gasteiger charge is 2.27. The number of amides is 3. The second-order valence-corrected chi connectivity index (χ2v) is 7.91. The maximum absolute atomic E-state index is 13.8. The summed E-state index contributed by atoms with van der Waals surface area (Å²) < 4.78 is 13.8. The van der Waals surface area contributed by atoms with Crippen LogP contribution >= 0.6 is 0 Å². The van der Waals surface area contributed by atoms with Gasteiger partial charge in [-0.25, -0.2) is 9.18 Å². The van der Waals surface area contributed by atoms with E-state index in [1.807, 2.05) is 0 Å². The minimum Gasteiger partial charge on any atom is -0.338 e. The van der Waals surface area contributed by atoms with Crippen LogP contribution in [0.15, 0.2) is 24.3 Å². The van der Waals surface area contributed by atoms with Crippen molar-refractivity contribution < 1.29 is 14.0 Å². The van der Waals surface area contributed by atoms with Gasteiger partial charge in [-0.3, -0.25) is 4.79 Å². The molecule has 1 heterocycles. The van der Waals surface area contributed by atoms with Gasteiger partial charge in [-0.15, -0.1) is 0 Å². The Morgan fingerprint density at radius 1 is 1.24 bits per heavy atom. The van der Waals surface area contributed by atoms with Crippen LogP contribution in [-0.2, 0) is 0 Å². The SMILES string of the molecule is CN(CC(C)(C)C)C(=O)NC1CCN(C(=O)c2ccccc2F)CC1. The summed E-state index contributed by atoms with van der Waals surface area (Å²) in [5.74, 6) is -0.778. The number of urea groups is 1. The molecule has 0 spiro atoms. The maximum Gasteiger partial charge on any atom is 0.317 e. The van der Waals surface area contributed by atoms with Crippen LogP contribution in [0.1, 0.15) is 44.0 Å². The Morgan fingerprint density at radius 2 is 1.84 bits per heavy atom. The fraction of sp³-hybridized carbons (Fsp3) is 0.579.